The van der Waals surface area contributed by atoms with Crippen molar-refractivity contribution in [1.82, 2.24) is 0 Å². The molecule has 54 aliphatic carbocycles. The van der Waals surface area contributed by atoms with Crippen molar-refractivity contribution >= 4 is 0 Å². The van der Waals surface area contributed by atoms with Crippen LogP contribution in [0.3, 0.4) is 0 Å². The molecule has 4 unspecified atom stereocenters. The summed E-state index contributed by atoms with van der Waals surface area (Å²) in [6, 6.07) is 145. The second-order valence-corrected chi connectivity index (χ2v) is 30.1. The summed E-state index contributed by atoms with van der Waals surface area (Å²) in [4.78, 5) is 0. The fourth-order valence-electron chi connectivity index (χ4n) is 19.0. The number of rotatable bonds is 0. The van der Waals surface area contributed by atoms with E-state index in [1.165, 1.54) is 223 Å². The molecule has 0 heteroatoms. The van der Waals surface area contributed by atoms with Crippen molar-refractivity contribution in [3.05, 3.63) is 443 Å². The topological polar surface area (TPSA) is 0 Å². The minimum atomic E-state index is 0.0433. The van der Waals surface area contributed by atoms with E-state index in [0.29, 0.717) is 0 Å². The Morgan fingerprint density at radius 2 is 0.160 bits per heavy atom. The van der Waals surface area contributed by atoms with E-state index in [0.717, 1.165) is 0 Å². The highest BCUT2D eigenvalue weighted by atomic mass is 14.5. The van der Waals surface area contributed by atoms with E-state index in [4.69, 9.17) is 0 Å². The fraction of sp³-hybridized carbons (Fsp3) is 0.0377. The maximum absolute atomic E-state index is 2.70. The monoisotopic (exact) mass is 1340 g/mol. The molecule has 0 aliphatic heterocycles. The lowest BCUT2D eigenvalue weighted by molar-refractivity contribution is 0.717. The summed E-state index contributed by atoms with van der Waals surface area (Å²) in [5.41, 5.74) is 51.2. The van der Waals surface area contributed by atoms with E-state index < -0.39 is 0 Å². The minimum absolute atomic E-state index is 0.0433. The molecule has 0 spiro atoms. The largest absolute Gasteiger partial charge is 0.0572 e. The van der Waals surface area contributed by atoms with Gasteiger partial charge in [0.05, 0.1) is 0 Å². The molecule has 0 nitrogen and oxygen atoms in total. The molecule has 17 aromatic carbocycles. The van der Waals surface area contributed by atoms with Crippen LogP contribution in [0.5, 0.6) is 0 Å². The average Bonchev–Trinajstić information content (AvgIpc) is 0.678. The summed E-state index contributed by atoms with van der Waals surface area (Å²) < 4.78 is 0. The van der Waals surface area contributed by atoms with Crippen molar-refractivity contribution in [2.24, 2.45) is 0 Å². The van der Waals surface area contributed by atoms with Gasteiger partial charge in [-0.05, 0) is 247 Å². The standard InChI is InChI=1S/C106H66/c1-9-67-10-2-63(1)64-3-11-68(12-4-64)72-19-27-76(28-20-72)80-35-43-84(44-36-80)88-50-54-93-96(58-88)105-94-56-52-90-60-98(94)106(93)101-61-99-100(62-102(101)105)104-91-53-49-87(83-41-33-79(34-42-83)75-25-17-71(67)18-26-75)57-95(91)103(99)92-55-51-89(59-97(92)104)85-45-37-81(38-46-85)77-29-21-73(22-30-77)69-13-5-65(6-14-69)66-7-15-70(16-8-66)74-23-31-78(32-24-74)82-39-47-86(90)48-40-82/h1-62,103-106H. The van der Waals surface area contributed by atoms with Crippen LogP contribution >= 0.6 is 0 Å². The smallest absolute Gasteiger partial charge is 0.0349 e. The lowest BCUT2D eigenvalue weighted by Crippen LogP contribution is -2.32. The van der Waals surface area contributed by atoms with Gasteiger partial charge in [0.15, 0.2) is 0 Å². The molecule has 17 aromatic rings. The van der Waals surface area contributed by atoms with Crippen molar-refractivity contribution < 1.29 is 0 Å². The molecule has 0 N–H and O–H groups in total. The first kappa shape index (κ1) is 59.3. The summed E-state index contributed by atoms with van der Waals surface area (Å²) >= 11 is 0. The second kappa shape index (κ2) is 23.1. The van der Waals surface area contributed by atoms with Crippen molar-refractivity contribution in [2.75, 3.05) is 0 Å². The van der Waals surface area contributed by atoms with Crippen molar-refractivity contribution in [3.63, 3.8) is 0 Å². The molecule has 490 valence electrons. The molecule has 0 heterocycles. The maximum Gasteiger partial charge on any atom is 0.0349 e. The molecule has 4 atom stereocenters. The van der Waals surface area contributed by atoms with Crippen molar-refractivity contribution in [2.45, 2.75) is 23.7 Å². The predicted molar refractivity (Wildman–Crippen MR) is 439 cm³/mol. The summed E-state index contributed by atoms with van der Waals surface area (Å²) in [6.45, 7) is 0. The normalized spacial score (nSPS) is 15.5. The summed E-state index contributed by atoms with van der Waals surface area (Å²) in [6.07, 6.45) is 0. The third-order valence-corrected chi connectivity index (χ3v) is 24.7. The van der Waals surface area contributed by atoms with Gasteiger partial charge in [-0.1, -0.05) is 352 Å². The van der Waals surface area contributed by atoms with Gasteiger partial charge < -0.3 is 0 Å². The van der Waals surface area contributed by atoms with Gasteiger partial charge >= 0.3 is 0 Å². The van der Waals surface area contributed by atoms with Crippen LogP contribution in [0.15, 0.2) is 376 Å². The van der Waals surface area contributed by atoms with Crippen molar-refractivity contribution in [1.29, 1.82) is 0 Å². The van der Waals surface area contributed by atoms with Gasteiger partial charge in [0.1, 0.15) is 0 Å². The third kappa shape index (κ3) is 9.41. The summed E-state index contributed by atoms with van der Waals surface area (Å²) in [5.74, 6) is 0.173. The molecule has 0 aromatic heterocycles. The number of hydrogen-bond acceptors (Lipinski definition) is 0. The molecule has 0 radical (unpaired) electrons. The SMILES string of the molecule is c1cc2ccc1-c1ccc(cc1)-c1ccc(cc1)-c1ccc(cc1)-c1ccc3c(c1)C1c4ccc5cc4C3c3cc4c(cc31)C1c3ccc(cc3C4c3ccc(cc31)-c1ccc(cc1)-c1ccc(cc1)-c1ccc(cc1)-c1ccc(cc1)-c1ccc(cc1)-c1ccc-5cc1)-c1ccc(cc1)-c1ccc-2cc1. The number of hydrogen-bond donors (Lipinski definition) is 0. The van der Waals surface area contributed by atoms with Gasteiger partial charge in [-0.3, -0.25) is 0 Å². The molecule has 54 aliphatic rings. The maximum atomic E-state index is 2.70. The molecule has 106 heavy (non-hydrogen) atoms. The molecule has 71 rings (SSSR count). The first-order chi connectivity index (χ1) is 52.4. The van der Waals surface area contributed by atoms with E-state index in [9.17, 15) is 0 Å². The first-order valence-corrected chi connectivity index (χ1v) is 37.4. The lowest BCUT2D eigenvalue weighted by atomic mass is 9.56. The lowest BCUT2D eigenvalue weighted by Gasteiger charge is -2.47. The quantitative estimate of drug-likeness (QED) is 0.142. The van der Waals surface area contributed by atoms with Gasteiger partial charge in [-0.25, -0.2) is 0 Å². The molecule has 0 saturated heterocycles. The Morgan fingerprint density at radius 1 is 0.0755 bits per heavy atom. The molecule has 0 saturated carbocycles. The van der Waals surface area contributed by atoms with Crippen LogP contribution in [-0.2, 0) is 0 Å². The van der Waals surface area contributed by atoms with E-state index in [1.54, 1.807) is 0 Å². The average molecular weight is 1340 g/mol. The second-order valence-electron chi connectivity index (χ2n) is 30.1. The van der Waals surface area contributed by atoms with Gasteiger partial charge in [-0.15, -0.1) is 0 Å². The number of benzene rings is 17. The van der Waals surface area contributed by atoms with Gasteiger partial charge in [-0.2, -0.15) is 0 Å². The Kier molecular flexibility index (Phi) is 12.9. The molecular weight excluding hydrogens is 1270 g/mol. The highest BCUT2D eigenvalue weighted by Crippen LogP contribution is 2.63. The zero-order chi connectivity index (χ0) is 69.2. The molecule has 0 fully saturated rings. The minimum Gasteiger partial charge on any atom is -0.0572 e. The molecular formula is C106H66. The third-order valence-electron chi connectivity index (χ3n) is 24.7. The van der Waals surface area contributed by atoms with Gasteiger partial charge in [0.2, 0.25) is 0 Å². The fourth-order valence-corrected chi connectivity index (χ4v) is 19.0. The Labute approximate surface area is 618 Å². The first-order valence-electron chi connectivity index (χ1n) is 37.4. The Morgan fingerprint density at radius 3 is 0.274 bits per heavy atom. The molecule has 0 amide bonds. The van der Waals surface area contributed by atoms with Crippen LogP contribution in [0.25, 0.3) is 156 Å². The van der Waals surface area contributed by atoms with E-state index in [1.807, 2.05) is 0 Å². The Hall–Kier alpha value is -13.3. The van der Waals surface area contributed by atoms with Crippen LogP contribution in [0.1, 0.15) is 90.4 Å². The zero-order valence-electron chi connectivity index (χ0n) is 58.1. The van der Waals surface area contributed by atoms with Crippen LogP contribution < -0.4 is 0 Å². The summed E-state index contributed by atoms with van der Waals surface area (Å²) in [5, 5.41) is 0. The molecule has 44 bridgehead atoms. The Bertz CT molecular complexity index is 5620. The van der Waals surface area contributed by atoms with E-state index >= 15 is 0 Å². The Balaban J connectivity index is 0.685. The van der Waals surface area contributed by atoms with Crippen LogP contribution in [0.4, 0.5) is 0 Å². The van der Waals surface area contributed by atoms with E-state index in [2.05, 4.69) is 376 Å². The van der Waals surface area contributed by atoms with Crippen LogP contribution in [0, 0.1) is 0 Å². The van der Waals surface area contributed by atoms with Crippen LogP contribution in [0.2, 0.25) is 0 Å². The predicted octanol–water partition coefficient (Wildman–Crippen LogP) is 27.6. The van der Waals surface area contributed by atoms with Gasteiger partial charge in [0.25, 0.3) is 0 Å². The zero-order valence-corrected chi connectivity index (χ0v) is 58.1. The highest BCUT2D eigenvalue weighted by Gasteiger charge is 2.47. The van der Waals surface area contributed by atoms with Crippen molar-refractivity contribution in [3.8, 4) is 156 Å². The van der Waals surface area contributed by atoms with E-state index in [-0.39, 0.29) is 23.7 Å². The summed E-state index contributed by atoms with van der Waals surface area (Å²) in [7, 11) is 0. The highest BCUT2D eigenvalue weighted by molar-refractivity contribution is 5.86. The van der Waals surface area contributed by atoms with Gasteiger partial charge in [0, 0.05) is 23.7 Å². The van der Waals surface area contributed by atoms with Crippen LogP contribution in [-0.4, -0.2) is 0 Å².